The van der Waals surface area contributed by atoms with E-state index in [1.165, 1.54) is 19.4 Å². The number of hydrogen-bond donors (Lipinski definition) is 1. The molecule has 1 saturated carbocycles. The zero-order valence-corrected chi connectivity index (χ0v) is 9.06. The Bertz CT molecular complexity index is 277. The minimum Gasteiger partial charge on any atom is -0.337 e. The molecule has 2 unspecified atom stereocenters. The Labute approximate surface area is 90.4 Å². The monoisotopic (exact) mass is 209 g/mol. The van der Waals surface area contributed by atoms with E-state index in [2.05, 4.69) is 4.90 Å². The fraction of sp³-hybridized carbons (Fsp3) is 0.909. The van der Waals surface area contributed by atoms with Gasteiger partial charge in [0.1, 0.15) is 0 Å². The molecule has 1 amide bonds. The van der Waals surface area contributed by atoms with Crippen LogP contribution in [0.3, 0.4) is 0 Å². The summed E-state index contributed by atoms with van der Waals surface area (Å²) < 4.78 is 0. The van der Waals surface area contributed by atoms with E-state index in [9.17, 15) is 4.79 Å². The van der Waals surface area contributed by atoms with Crippen molar-refractivity contribution in [2.75, 3.05) is 19.6 Å². The number of nitrogens with zero attached hydrogens (tertiary/aromatic N) is 2. The van der Waals surface area contributed by atoms with Crippen molar-refractivity contribution >= 4 is 5.91 Å². The molecule has 1 aliphatic carbocycles. The summed E-state index contributed by atoms with van der Waals surface area (Å²) in [6.07, 6.45) is 4.72. The lowest BCUT2D eigenvalue weighted by Crippen LogP contribution is -2.42. The molecule has 2 atom stereocenters. The van der Waals surface area contributed by atoms with Crippen molar-refractivity contribution in [1.29, 1.82) is 0 Å². The third kappa shape index (κ3) is 1.66. The van der Waals surface area contributed by atoms with Gasteiger partial charge < -0.3 is 10.6 Å². The van der Waals surface area contributed by atoms with Crippen molar-refractivity contribution in [2.24, 2.45) is 5.73 Å². The molecule has 4 heteroatoms. The van der Waals surface area contributed by atoms with Crippen LogP contribution >= 0.6 is 0 Å². The molecule has 3 rings (SSSR count). The summed E-state index contributed by atoms with van der Waals surface area (Å²) in [5, 5.41) is 0. The number of nitrogens with two attached hydrogens (primary N) is 1. The van der Waals surface area contributed by atoms with E-state index in [4.69, 9.17) is 5.73 Å². The molecule has 2 heterocycles. The Kier molecular flexibility index (Phi) is 2.21. The number of likely N-dealkylation sites (tertiary alicyclic amines) is 2. The van der Waals surface area contributed by atoms with Crippen LogP contribution in [-0.4, -0.2) is 53.5 Å². The van der Waals surface area contributed by atoms with Gasteiger partial charge in [-0.2, -0.15) is 0 Å². The maximum absolute atomic E-state index is 11.8. The lowest BCUT2D eigenvalue weighted by molar-refractivity contribution is -0.130. The maximum atomic E-state index is 11.8. The summed E-state index contributed by atoms with van der Waals surface area (Å²) in [5.74, 6) is 0.178. The van der Waals surface area contributed by atoms with Gasteiger partial charge in [-0.3, -0.25) is 9.69 Å². The number of rotatable bonds is 2. The molecule has 0 aromatic carbocycles. The number of carbonyl (C=O) groups excluding carboxylic acids is 1. The normalized spacial score (nSPS) is 37.9. The Morgan fingerprint density at radius 2 is 1.87 bits per heavy atom. The van der Waals surface area contributed by atoms with Crippen LogP contribution in [0.25, 0.3) is 0 Å². The molecular formula is C11H19N3O. The number of hydrogen-bond acceptors (Lipinski definition) is 3. The SMILES string of the molecule is NC1CCN(C2CCN(C3CC3)C2)C1=O. The topological polar surface area (TPSA) is 49.6 Å². The highest BCUT2D eigenvalue weighted by Gasteiger charge is 2.40. The largest absolute Gasteiger partial charge is 0.337 e. The molecule has 0 radical (unpaired) electrons. The minimum atomic E-state index is -0.222. The molecule has 0 bridgehead atoms. The van der Waals surface area contributed by atoms with Crippen molar-refractivity contribution in [3.05, 3.63) is 0 Å². The summed E-state index contributed by atoms with van der Waals surface area (Å²) in [6, 6.07) is 1.06. The highest BCUT2D eigenvalue weighted by atomic mass is 16.2. The van der Waals surface area contributed by atoms with Crippen LogP contribution < -0.4 is 5.73 Å². The van der Waals surface area contributed by atoms with Gasteiger partial charge in [-0.05, 0) is 25.7 Å². The molecule has 0 aromatic rings. The van der Waals surface area contributed by atoms with Gasteiger partial charge in [0, 0.05) is 31.7 Å². The van der Waals surface area contributed by atoms with Crippen LogP contribution in [0.5, 0.6) is 0 Å². The van der Waals surface area contributed by atoms with Crippen LogP contribution in [0, 0.1) is 0 Å². The van der Waals surface area contributed by atoms with Crippen LogP contribution in [0.4, 0.5) is 0 Å². The van der Waals surface area contributed by atoms with Crippen LogP contribution in [-0.2, 0) is 4.79 Å². The molecule has 4 nitrogen and oxygen atoms in total. The summed E-state index contributed by atoms with van der Waals surface area (Å²) in [7, 11) is 0. The number of carbonyl (C=O) groups is 1. The molecule has 3 aliphatic rings. The average Bonchev–Trinajstić information content (AvgIpc) is 2.89. The van der Waals surface area contributed by atoms with Gasteiger partial charge in [-0.15, -0.1) is 0 Å². The van der Waals surface area contributed by atoms with Crippen molar-refractivity contribution in [2.45, 2.75) is 43.8 Å². The average molecular weight is 209 g/mol. The van der Waals surface area contributed by atoms with Crippen LogP contribution in [0.15, 0.2) is 0 Å². The third-order valence-electron chi connectivity index (χ3n) is 3.98. The molecular weight excluding hydrogens is 190 g/mol. The second-order valence-corrected chi connectivity index (χ2v) is 5.10. The van der Waals surface area contributed by atoms with E-state index in [0.29, 0.717) is 6.04 Å². The fourth-order valence-electron chi connectivity index (χ4n) is 2.88. The fourth-order valence-corrected chi connectivity index (χ4v) is 2.88. The molecule has 2 N–H and O–H groups in total. The zero-order chi connectivity index (χ0) is 10.4. The van der Waals surface area contributed by atoms with Gasteiger partial charge in [0.05, 0.1) is 6.04 Å². The van der Waals surface area contributed by atoms with Crippen molar-refractivity contribution in [3.63, 3.8) is 0 Å². The molecule has 3 fully saturated rings. The predicted molar refractivity (Wildman–Crippen MR) is 57.3 cm³/mol. The van der Waals surface area contributed by atoms with E-state index >= 15 is 0 Å². The van der Waals surface area contributed by atoms with Crippen molar-refractivity contribution < 1.29 is 4.79 Å². The maximum Gasteiger partial charge on any atom is 0.239 e. The zero-order valence-electron chi connectivity index (χ0n) is 9.06. The first-order valence-corrected chi connectivity index (χ1v) is 6.06. The summed E-state index contributed by atoms with van der Waals surface area (Å²) in [4.78, 5) is 16.3. The van der Waals surface area contributed by atoms with Crippen LogP contribution in [0.2, 0.25) is 0 Å². The summed E-state index contributed by atoms with van der Waals surface area (Å²) in [6.45, 7) is 3.14. The molecule has 15 heavy (non-hydrogen) atoms. The molecule has 0 spiro atoms. The minimum absolute atomic E-state index is 0.178. The molecule has 84 valence electrons. The number of amides is 1. The summed E-state index contributed by atoms with van der Waals surface area (Å²) >= 11 is 0. The second kappa shape index (κ2) is 3.46. The first kappa shape index (κ1) is 9.60. The predicted octanol–water partition coefficient (Wildman–Crippen LogP) is -0.217. The van der Waals surface area contributed by atoms with Gasteiger partial charge >= 0.3 is 0 Å². The van der Waals surface area contributed by atoms with E-state index < -0.39 is 0 Å². The van der Waals surface area contributed by atoms with E-state index in [1.807, 2.05) is 4.90 Å². The lowest BCUT2D eigenvalue weighted by atomic mass is 10.2. The van der Waals surface area contributed by atoms with E-state index in [1.54, 1.807) is 0 Å². The smallest absolute Gasteiger partial charge is 0.239 e. The van der Waals surface area contributed by atoms with E-state index in [0.717, 1.165) is 32.0 Å². The third-order valence-corrected chi connectivity index (χ3v) is 3.98. The highest BCUT2D eigenvalue weighted by molar-refractivity contribution is 5.84. The van der Waals surface area contributed by atoms with Gasteiger partial charge in [-0.1, -0.05) is 0 Å². The Morgan fingerprint density at radius 3 is 2.47 bits per heavy atom. The van der Waals surface area contributed by atoms with Gasteiger partial charge in [0.15, 0.2) is 0 Å². The van der Waals surface area contributed by atoms with Gasteiger partial charge in [-0.25, -0.2) is 0 Å². The Hall–Kier alpha value is -0.610. The lowest BCUT2D eigenvalue weighted by Gasteiger charge is -2.24. The standard InChI is InChI=1S/C11H19N3O/c12-10-4-6-14(11(10)15)9-3-5-13(7-9)8-1-2-8/h8-10H,1-7,12H2. The van der Waals surface area contributed by atoms with Crippen LogP contribution in [0.1, 0.15) is 25.7 Å². The highest BCUT2D eigenvalue weighted by Crippen LogP contribution is 2.31. The van der Waals surface area contributed by atoms with Gasteiger partial charge in [0.25, 0.3) is 0 Å². The molecule has 2 saturated heterocycles. The summed E-state index contributed by atoms with van der Waals surface area (Å²) in [5.41, 5.74) is 5.74. The van der Waals surface area contributed by atoms with Gasteiger partial charge in [0.2, 0.25) is 5.91 Å². The Morgan fingerprint density at radius 1 is 1.07 bits per heavy atom. The first-order valence-electron chi connectivity index (χ1n) is 6.06. The quantitative estimate of drug-likeness (QED) is 0.684. The Balaban J connectivity index is 1.61. The van der Waals surface area contributed by atoms with Crippen molar-refractivity contribution in [1.82, 2.24) is 9.80 Å². The second-order valence-electron chi connectivity index (χ2n) is 5.10. The van der Waals surface area contributed by atoms with E-state index in [-0.39, 0.29) is 11.9 Å². The molecule has 0 aromatic heterocycles. The molecule has 2 aliphatic heterocycles. The van der Waals surface area contributed by atoms with Crippen molar-refractivity contribution in [3.8, 4) is 0 Å². The first-order chi connectivity index (χ1) is 7.25.